The monoisotopic (exact) mass is 428 g/mol. The van der Waals surface area contributed by atoms with Crippen LogP contribution in [0.3, 0.4) is 0 Å². The topological polar surface area (TPSA) is 99.4 Å². The Morgan fingerprint density at radius 1 is 1.16 bits per heavy atom. The van der Waals surface area contributed by atoms with Gasteiger partial charge in [0.1, 0.15) is 23.7 Å². The first-order valence-corrected chi connectivity index (χ1v) is 10.4. The summed E-state index contributed by atoms with van der Waals surface area (Å²) in [4.78, 5) is 25.0. The third kappa shape index (κ3) is 5.75. The third-order valence-corrected chi connectivity index (χ3v) is 5.22. The minimum atomic E-state index is -1.23. The Morgan fingerprint density at radius 2 is 1.84 bits per heavy atom. The standard InChI is InChI=1S/C24H32N2O5/c1-7-26(15(2)3)21-11-8-16(12-19(21)24(4,5)6)20(25-30)14-31-17-9-10-18(23(28)29)22(27)13-17/h8-13,15,20,27H,7,14H2,1-6H3,(H,28,29). The highest BCUT2D eigenvalue weighted by Crippen LogP contribution is 2.36. The van der Waals surface area contributed by atoms with E-state index in [0.717, 1.165) is 23.4 Å². The van der Waals surface area contributed by atoms with Crippen molar-refractivity contribution in [3.05, 3.63) is 58.0 Å². The van der Waals surface area contributed by atoms with Crippen LogP contribution in [-0.4, -0.2) is 35.4 Å². The molecule has 7 heteroatoms. The average molecular weight is 429 g/mol. The number of aromatic hydroxyl groups is 1. The predicted octanol–water partition coefficient (Wildman–Crippen LogP) is 5.51. The first-order valence-electron chi connectivity index (χ1n) is 10.4. The van der Waals surface area contributed by atoms with Crippen LogP contribution in [0, 0.1) is 4.91 Å². The molecule has 2 aromatic carbocycles. The van der Waals surface area contributed by atoms with Crippen LogP contribution in [0.2, 0.25) is 0 Å². The van der Waals surface area contributed by atoms with E-state index >= 15 is 0 Å². The van der Waals surface area contributed by atoms with Gasteiger partial charge in [0, 0.05) is 24.3 Å². The number of aromatic carboxylic acids is 1. The fraction of sp³-hybridized carbons (Fsp3) is 0.458. The van der Waals surface area contributed by atoms with Crippen LogP contribution in [0.25, 0.3) is 0 Å². The molecule has 0 fully saturated rings. The second-order valence-electron chi connectivity index (χ2n) is 8.82. The van der Waals surface area contributed by atoms with E-state index in [1.54, 1.807) is 0 Å². The summed E-state index contributed by atoms with van der Waals surface area (Å²) in [6.45, 7) is 13.7. The minimum Gasteiger partial charge on any atom is -0.507 e. The normalized spacial score (nSPS) is 12.5. The van der Waals surface area contributed by atoms with Crippen molar-refractivity contribution >= 4 is 11.7 Å². The number of ether oxygens (including phenoxy) is 1. The SMILES string of the molecule is CCN(c1ccc(C(COc2ccc(C(=O)O)c(O)c2)N=O)cc1C(C)(C)C)C(C)C. The summed E-state index contributed by atoms with van der Waals surface area (Å²) in [5, 5.41) is 22.1. The molecule has 1 atom stereocenters. The Labute approximate surface area is 183 Å². The molecule has 7 nitrogen and oxygen atoms in total. The first-order chi connectivity index (χ1) is 14.5. The van der Waals surface area contributed by atoms with Gasteiger partial charge in [-0.3, -0.25) is 0 Å². The first kappa shape index (κ1) is 24.2. The van der Waals surface area contributed by atoms with Gasteiger partial charge in [-0.25, -0.2) is 4.79 Å². The van der Waals surface area contributed by atoms with Crippen molar-refractivity contribution < 1.29 is 19.7 Å². The highest BCUT2D eigenvalue weighted by Gasteiger charge is 2.25. The lowest BCUT2D eigenvalue weighted by Gasteiger charge is -2.34. The molecule has 0 bridgehead atoms. The molecule has 0 heterocycles. The van der Waals surface area contributed by atoms with Crippen molar-refractivity contribution in [3.63, 3.8) is 0 Å². The lowest BCUT2D eigenvalue weighted by molar-refractivity contribution is 0.0693. The fourth-order valence-electron chi connectivity index (χ4n) is 3.57. The van der Waals surface area contributed by atoms with E-state index in [4.69, 9.17) is 9.84 Å². The van der Waals surface area contributed by atoms with Gasteiger partial charge in [0.15, 0.2) is 6.04 Å². The van der Waals surface area contributed by atoms with Gasteiger partial charge in [-0.05, 0) is 55.5 Å². The fourth-order valence-corrected chi connectivity index (χ4v) is 3.57. The predicted molar refractivity (Wildman–Crippen MR) is 122 cm³/mol. The number of hydrogen-bond donors (Lipinski definition) is 2. The van der Waals surface area contributed by atoms with Gasteiger partial charge in [0.25, 0.3) is 0 Å². The molecule has 31 heavy (non-hydrogen) atoms. The molecule has 0 aliphatic carbocycles. The van der Waals surface area contributed by atoms with Crippen molar-refractivity contribution in [1.82, 2.24) is 0 Å². The van der Waals surface area contributed by atoms with Gasteiger partial charge >= 0.3 is 5.97 Å². The molecule has 1 unspecified atom stereocenters. The number of carboxylic acids is 1. The number of benzene rings is 2. The molecule has 168 valence electrons. The Bertz CT molecular complexity index is 934. The van der Waals surface area contributed by atoms with Gasteiger partial charge < -0.3 is 19.8 Å². The van der Waals surface area contributed by atoms with Crippen LogP contribution in [0.5, 0.6) is 11.5 Å². The van der Waals surface area contributed by atoms with Crippen LogP contribution >= 0.6 is 0 Å². The summed E-state index contributed by atoms with van der Waals surface area (Å²) in [6.07, 6.45) is 0. The zero-order chi connectivity index (χ0) is 23.3. The molecule has 0 saturated carbocycles. The van der Waals surface area contributed by atoms with Crippen molar-refractivity contribution in [2.75, 3.05) is 18.1 Å². The van der Waals surface area contributed by atoms with E-state index < -0.39 is 17.8 Å². The third-order valence-electron chi connectivity index (χ3n) is 5.22. The van der Waals surface area contributed by atoms with Crippen LogP contribution in [0.15, 0.2) is 41.6 Å². The maximum Gasteiger partial charge on any atom is 0.339 e. The smallest absolute Gasteiger partial charge is 0.339 e. The molecule has 0 spiro atoms. The summed E-state index contributed by atoms with van der Waals surface area (Å²) in [7, 11) is 0. The number of anilines is 1. The highest BCUT2D eigenvalue weighted by atomic mass is 16.5. The van der Waals surface area contributed by atoms with Crippen LogP contribution < -0.4 is 9.64 Å². The number of rotatable bonds is 9. The molecular formula is C24H32N2O5. The lowest BCUT2D eigenvalue weighted by Crippen LogP contribution is -2.33. The van der Waals surface area contributed by atoms with E-state index in [0.29, 0.717) is 6.04 Å². The van der Waals surface area contributed by atoms with E-state index in [2.05, 4.69) is 51.6 Å². The Balaban J connectivity index is 2.32. The van der Waals surface area contributed by atoms with E-state index in [-0.39, 0.29) is 23.3 Å². The summed E-state index contributed by atoms with van der Waals surface area (Å²) in [5.41, 5.74) is 2.65. The van der Waals surface area contributed by atoms with Gasteiger partial charge in [-0.2, -0.15) is 4.91 Å². The molecule has 0 saturated heterocycles. The summed E-state index contributed by atoms with van der Waals surface area (Å²) >= 11 is 0. The summed E-state index contributed by atoms with van der Waals surface area (Å²) in [6, 6.07) is 9.45. The van der Waals surface area contributed by atoms with Crippen molar-refractivity contribution in [3.8, 4) is 11.5 Å². The summed E-state index contributed by atoms with van der Waals surface area (Å²) in [5.74, 6) is -1.36. The number of hydrogen-bond acceptors (Lipinski definition) is 6. The van der Waals surface area contributed by atoms with E-state index in [1.165, 1.54) is 18.2 Å². The molecule has 0 radical (unpaired) electrons. The number of carbonyl (C=O) groups is 1. The van der Waals surface area contributed by atoms with Gasteiger partial charge in [0.05, 0.1) is 0 Å². The zero-order valence-electron chi connectivity index (χ0n) is 19.0. The summed E-state index contributed by atoms with van der Waals surface area (Å²) < 4.78 is 5.63. The average Bonchev–Trinajstić information content (AvgIpc) is 2.68. The van der Waals surface area contributed by atoms with Crippen LogP contribution in [0.4, 0.5) is 5.69 Å². The van der Waals surface area contributed by atoms with Crippen molar-refractivity contribution in [1.29, 1.82) is 0 Å². The molecule has 0 aromatic heterocycles. The largest absolute Gasteiger partial charge is 0.507 e. The Hall–Kier alpha value is -3.09. The molecule has 2 N–H and O–H groups in total. The quantitative estimate of drug-likeness (QED) is 0.511. The van der Waals surface area contributed by atoms with Crippen molar-refractivity contribution in [2.45, 2.75) is 59.0 Å². The van der Waals surface area contributed by atoms with Gasteiger partial charge in [0.2, 0.25) is 0 Å². The number of carboxylic acid groups (broad SMARTS) is 1. The number of nitrogens with zero attached hydrogens (tertiary/aromatic N) is 2. The second-order valence-corrected chi connectivity index (χ2v) is 8.82. The lowest BCUT2D eigenvalue weighted by atomic mass is 9.83. The maximum atomic E-state index is 11.6. The molecule has 0 amide bonds. The highest BCUT2D eigenvalue weighted by molar-refractivity contribution is 5.90. The maximum absolute atomic E-state index is 11.6. The Kier molecular flexibility index (Phi) is 7.65. The van der Waals surface area contributed by atoms with E-state index in [1.807, 2.05) is 18.2 Å². The molecule has 2 rings (SSSR count). The van der Waals surface area contributed by atoms with Crippen LogP contribution in [-0.2, 0) is 5.41 Å². The number of nitroso groups, excluding NO2 is 1. The molecule has 0 aliphatic rings. The minimum absolute atomic E-state index is 0.0278. The van der Waals surface area contributed by atoms with Gasteiger partial charge in [-0.15, -0.1) is 0 Å². The zero-order valence-corrected chi connectivity index (χ0v) is 19.0. The van der Waals surface area contributed by atoms with Crippen LogP contribution in [0.1, 0.15) is 69.1 Å². The molecule has 0 aliphatic heterocycles. The number of phenols is 1. The van der Waals surface area contributed by atoms with E-state index in [9.17, 15) is 14.8 Å². The molecule has 2 aromatic rings. The van der Waals surface area contributed by atoms with Crippen molar-refractivity contribution in [2.24, 2.45) is 5.18 Å². The van der Waals surface area contributed by atoms with Gasteiger partial charge in [-0.1, -0.05) is 38.1 Å². The second kappa shape index (κ2) is 9.81. The molecular weight excluding hydrogens is 396 g/mol. The Morgan fingerprint density at radius 3 is 2.32 bits per heavy atom.